The third-order valence-electron chi connectivity index (χ3n) is 5.56. The van der Waals surface area contributed by atoms with Gasteiger partial charge in [-0.25, -0.2) is 4.85 Å². The van der Waals surface area contributed by atoms with Gasteiger partial charge in [0.15, 0.2) is 11.5 Å². The van der Waals surface area contributed by atoms with Gasteiger partial charge in [-0.2, -0.15) is 0 Å². The molecule has 1 fully saturated rings. The van der Waals surface area contributed by atoms with Crippen molar-refractivity contribution in [3.8, 4) is 5.69 Å². The maximum absolute atomic E-state index is 13.3. The number of hydrogen-bond acceptors (Lipinski definition) is 3. The number of benzene rings is 1. The van der Waals surface area contributed by atoms with Gasteiger partial charge in [-0.3, -0.25) is 14.7 Å². The maximum atomic E-state index is 13.3. The van der Waals surface area contributed by atoms with E-state index in [2.05, 4.69) is 42.1 Å². The molecule has 1 aromatic carbocycles. The first-order chi connectivity index (χ1) is 13.5. The van der Waals surface area contributed by atoms with Crippen molar-refractivity contribution in [1.29, 1.82) is 0 Å². The third kappa shape index (κ3) is 3.25. The van der Waals surface area contributed by atoms with Crippen LogP contribution in [-0.2, 0) is 0 Å². The molecule has 3 aromatic rings. The number of rotatable bonds is 4. The summed E-state index contributed by atoms with van der Waals surface area (Å²) in [5, 5.41) is 0. The highest BCUT2D eigenvalue weighted by Gasteiger charge is 2.27. The van der Waals surface area contributed by atoms with Crippen molar-refractivity contribution in [2.45, 2.75) is 32.7 Å². The molecule has 0 unspecified atom stereocenters. The highest BCUT2D eigenvalue weighted by Crippen LogP contribution is 2.31. The molecule has 0 amide bonds. The van der Waals surface area contributed by atoms with Crippen molar-refractivity contribution in [3.63, 3.8) is 0 Å². The standard InChI is InChI=1S/C22H21BrN4O/c1-14-5-4-10-26(14)13-20(28)21-15(2)27(18-8-6-17(24-3)7-9-18)19-11-16(23)12-25-22(19)21/h6-9,11-12,14H,4-5,10,13H2,1-2H3/t14-/m1/s1. The fourth-order valence-corrected chi connectivity index (χ4v) is 4.41. The van der Waals surface area contributed by atoms with Crippen molar-refractivity contribution >= 4 is 38.4 Å². The lowest BCUT2D eigenvalue weighted by Crippen LogP contribution is -2.32. The number of aromatic nitrogens is 2. The summed E-state index contributed by atoms with van der Waals surface area (Å²) in [6.45, 7) is 12.7. The van der Waals surface area contributed by atoms with Gasteiger partial charge in [-0.1, -0.05) is 12.1 Å². The Kier molecular flexibility index (Phi) is 5.05. The molecular weight excluding hydrogens is 416 g/mol. The van der Waals surface area contributed by atoms with Crippen LogP contribution in [0.4, 0.5) is 5.69 Å². The van der Waals surface area contributed by atoms with E-state index in [-0.39, 0.29) is 5.78 Å². The van der Waals surface area contributed by atoms with Crippen LogP contribution in [0.5, 0.6) is 0 Å². The highest BCUT2D eigenvalue weighted by molar-refractivity contribution is 9.10. The minimum absolute atomic E-state index is 0.114. The molecule has 2 aromatic heterocycles. The van der Waals surface area contributed by atoms with Crippen molar-refractivity contribution in [2.24, 2.45) is 0 Å². The van der Waals surface area contributed by atoms with E-state index in [0.29, 0.717) is 23.8 Å². The molecule has 0 radical (unpaired) electrons. The summed E-state index contributed by atoms with van der Waals surface area (Å²) < 4.78 is 2.92. The molecule has 1 saturated heterocycles. The topological polar surface area (TPSA) is 42.5 Å². The summed E-state index contributed by atoms with van der Waals surface area (Å²) in [5.41, 5.74) is 4.70. The van der Waals surface area contributed by atoms with Gasteiger partial charge < -0.3 is 4.57 Å². The first kappa shape index (κ1) is 18.9. The summed E-state index contributed by atoms with van der Waals surface area (Å²) >= 11 is 3.50. The Hall–Kier alpha value is -2.49. The lowest BCUT2D eigenvalue weighted by molar-refractivity contribution is 0.0927. The Morgan fingerprint density at radius 3 is 2.75 bits per heavy atom. The number of halogens is 1. The largest absolute Gasteiger partial charge is 0.312 e. The Balaban J connectivity index is 1.84. The first-order valence-corrected chi connectivity index (χ1v) is 10.2. The summed E-state index contributed by atoms with van der Waals surface area (Å²) in [7, 11) is 0. The summed E-state index contributed by atoms with van der Waals surface area (Å²) in [5.74, 6) is 0.114. The minimum atomic E-state index is 0.114. The third-order valence-corrected chi connectivity index (χ3v) is 6.00. The summed E-state index contributed by atoms with van der Waals surface area (Å²) in [6, 6.07) is 9.86. The predicted molar refractivity (Wildman–Crippen MR) is 114 cm³/mol. The molecule has 3 heterocycles. The highest BCUT2D eigenvalue weighted by atomic mass is 79.9. The van der Waals surface area contributed by atoms with E-state index in [0.717, 1.165) is 46.3 Å². The van der Waals surface area contributed by atoms with Crippen molar-refractivity contribution in [1.82, 2.24) is 14.5 Å². The second-order valence-electron chi connectivity index (χ2n) is 7.33. The van der Waals surface area contributed by atoms with Gasteiger partial charge in [0.05, 0.1) is 29.7 Å². The Bertz CT molecular complexity index is 1090. The smallest absolute Gasteiger partial charge is 0.187 e. The van der Waals surface area contributed by atoms with Crippen LogP contribution in [0.25, 0.3) is 21.6 Å². The molecule has 6 heteroatoms. The van der Waals surface area contributed by atoms with Gasteiger partial charge in [0.2, 0.25) is 0 Å². The number of likely N-dealkylation sites (tertiary alicyclic amines) is 1. The number of fused-ring (bicyclic) bond motifs is 1. The first-order valence-electron chi connectivity index (χ1n) is 9.41. The maximum Gasteiger partial charge on any atom is 0.187 e. The average molecular weight is 437 g/mol. The number of carbonyl (C=O) groups excluding carboxylic acids is 1. The lowest BCUT2D eigenvalue weighted by atomic mass is 10.1. The van der Waals surface area contributed by atoms with Crippen molar-refractivity contribution in [2.75, 3.05) is 13.1 Å². The number of Topliss-reactive ketones (excluding diaryl/α,β-unsaturated/α-hetero) is 1. The zero-order valence-electron chi connectivity index (χ0n) is 15.9. The predicted octanol–water partition coefficient (Wildman–Crippen LogP) is 5.31. The molecule has 142 valence electrons. The van der Waals surface area contributed by atoms with Crippen LogP contribution in [-0.4, -0.2) is 39.4 Å². The van der Waals surface area contributed by atoms with Gasteiger partial charge in [0.1, 0.15) is 0 Å². The zero-order chi connectivity index (χ0) is 19.8. The fraction of sp³-hybridized carbons (Fsp3) is 0.318. The second kappa shape index (κ2) is 7.50. The molecule has 1 aliphatic heterocycles. The molecule has 0 N–H and O–H groups in total. The van der Waals surface area contributed by atoms with E-state index in [9.17, 15) is 4.79 Å². The fourth-order valence-electron chi connectivity index (χ4n) is 4.09. The number of pyridine rings is 1. The van der Waals surface area contributed by atoms with Gasteiger partial charge in [0.25, 0.3) is 0 Å². The Labute approximate surface area is 172 Å². The SMILES string of the molecule is [C-]#[N+]c1ccc(-n2c(C)c(C(=O)CN3CCC[C@H]3C)c3ncc(Br)cc32)cc1. The summed E-state index contributed by atoms with van der Waals surface area (Å²) in [4.78, 5) is 23.6. The molecule has 4 rings (SSSR count). The lowest BCUT2D eigenvalue weighted by Gasteiger charge is -2.19. The van der Waals surface area contributed by atoms with Crippen LogP contribution < -0.4 is 0 Å². The molecular formula is C22H21BrN4O. The molecule has 1 aliphatic rings. The van der Waals surface area contributed by atoms with Crippen LogP contribution in [0, 0.1) is 13.5 Å². The minimum Gasteiger partial charge on any atom is -0.312 e. The number of nitrogens with zero attached hydrogens (tertiary/aromatic N) is 4. The Morgan fingerprint density at radius 1 is 1.36 bits per heavy atom. The normalized spacial score (nSPS) is 17.1. The van der Waals surface area contributed by atoms with Gasteiger partial charge in [0, 0.05) is 28.1 Å². The number of hydrogen-bond donors (Lipinski definition) is 0. The summed E-state index contributed by atoms with van der Waals surface area (Å²) in [6.07, 6.45) is 4.03. The van der Waals surface area contributed by atoms with Crippen molar-refractivity contribution in [3.05, 3.63) is 63.7 Å². The molecule has 28 heavy (non-hydrogen) atoms. The van der Waals surface area contributed by atoms with E-state index < -0.39 is 0 Å². The van der Waals surface area contributed by atoms with Crippen LogP contribution >= 0.6 is 15.9 Å². The van der Waals surface area contributed by atoms with E-state index in [1.807, 2.05) is 25.1 Å². The number of ketones is 1. The molecule has 1 atom stereocenters. The van der Waals surface area contributed by atoms with Crippen LogP contribution in [0.3, 0.4) is 0 Å². The quantitative estimate of drug-likeness (QED) is 0.410. The average Bonchev–Trinajstić information content (AvgIpc) is 3.21. The van der Waals surface area contributed by atoms with Crippen LogP contribution in [0.1, 0.15) is 35.8 Å². The van der Waals surface area contributed by atoms with Gasteiger partial charge >= 0.3 is 0 Å². The van der Waals surface area contributed by atoms with Gasteiger partial charge in [-0.05, 0) is 67.4 Å². The molecule has 0 spiro atoms. The Morgan fingerprint density at radius 2 is 2.11 bits per heavy atom. The monoisotopic (exact) mass is 436 g/mol. The number of carbonyl (C=O) groups is 1. The van der Waals surface area contributed by atoms with E-state index in [1.165, 1.54) is 0 Å². The second-order valence-corrected chi connectivity index (χ2v) is 8.25. The van der Waals surface area contributed by atoms with E-state index in [1.54, 1.807) is 18.3 Å². The molecule has 0 aliphatic carbocycles. The van der Waals surface area contributed by atoms with E-state index >= 15 is 0 Å². The van der Waals surface area contributed by atoms with Gasteiger partial charge in [-0.15, -0.1) is 0 Å². The van der Waals surface area contributed by atoms with Crippen molar-refractivity contribution < 1.29 is 4.79 Å². The zero-order valence-corrected chi connectivity index (χ0v) is 17.5. The van der Waals surface area contributed by atoms with Crippen LogP contribution in [0.15, 0.2) is 41.0 Å². The molecule has 0 saturated carbocycles. The molecule has 0 bridgehead atoms. The van der Waals surface area contributed by atoms with Crippen LogP contribution in [0.2, 0.25) is 0 Å². The molecule has 5 nitrogen and oxygen atoms in total. The van der Waals surface area contributed by atoms with E-state index in [4.69, 9.17) is 6.57 Å².